The number of halogens is 6. The summed E-state index contributed by atoms with van der Waals surface area (Å²) in [5.74, 6) is -0.455. The van der Waals surface area contributed by atoms with Gasteiger partial charge in [-0.15, -0.1) is 0 Å². The summed E-state index contributed by atoms with van der Waals surface area (Å²) < 4.78 is 65.3. The first-order valence-electron chi connectivity index (χ1n) is 10.0. The van der Waals surface area contributed by atoms with Crippen molar-refractivity contribution < 1.29 is 31.2 Å². The van der Waals surface area contributed by atoms with Gasteiger partial charge in [0.15, 0.2) is 15.6 Å². The number of aryl methyl sites for hydroxylation is 1. The molecule has 0 radical (unpaired) electrons. The molecule has 12 heteroatoms. The molecule has 2 heterocycles. The number of carbonyl (C=O) groups excluding carboxylic acids is 1. The van der Waals surface area contributed by atoms with E-state index >= 15 is 0 Å². The highest BCUT2D eigenvalue weighted by Gasteiger charge is 2.62. The Morgan fingerprint density at radius 1 is 1.15 bits per heavy atom. The smallest absolute Gasteiger partial charge is 0.374 e. The van der Waals surface area contributed by atoms with Gasteiger partial charge in [0.1, 0.15) is 0 Å². The quantitative estimate of drug-likeness (QED) is 0.328. The van der Waals surface area contributed by atoms with E-state index in [1.54, 1.807) is 13.0 Å². The zero-order valence-electron chi connectivity index (χ0n) is 17.5. The average Bonchev–Trinajstić information content (AvgIpc) is 3.17. The van der Waals surface area contributed by atoms with Gasteiger partial charge in [-0.25, -0.2) is 8.42 Å². The maximum Gasteiger partial charge on any atom is 0.435 e. The molecule has 0 spiro atoms. The molecule has 2 aromatic rings. The van der Waals surface area contributed by atoms with Gasteiger partial charge >= 0.3 is 6.18 Å². The van der Waals surface area contributed by atoms with Crippen LogP contribution in [0.15, 0.2) is 35.5 Å². The highest BCUT2D eigenvalue weighted by atomic mass is 35.5. The lowest BCUT2D eigenvalue weighted by atomic mass is 9.86. The number of sulfone groups is 1. The first kappa shape index (κ1) is 25.3. The second kappa shape index (κ2) is 8.69. The predicted octanol–water partition coefficient (Wildman–Crippen LogP) is 6.15. The average molecular weight is 555 g/mol. The molecule has 2 aliphatic heterocycles. The summed E-state index contributed by atoms with van der Waals surface area (Å²) in [5, 5.41) is 3.34. The zero-order chi connectivity index (χ0) is 25.1. The monoisotopic (exact) mass is 553 g/mol. The third-order valence-electron chi connectivity index (χ3n) is 5.95. The first-order chi connectivity index (χ1) is 15.7. The summed E-state index contributed by atoms with van der Waals surface area (Å²) in [6.45, 7) is 1.65. The Hall–Kier alpha value is -1.81. The van der Waals surface area contributed by atoms with E-state index in [1.165, 1.54) is 12.1 Å². The normalized spacial score (nSPS) is 22.1. The fourth-order valence-corrected chi connectivity index (χ4v) is 6.33. The molecule has 0 N–H and O–H groups in total. The van der Waals surface area contributed by atoms with E-state index < -0.39 is 28.0 Å². The fourth-order valence-electron chi connectivity index (χ4n) is 4.16. The number of benzene rings is 2. The SMILES string of the molecule is Cc1cc(C2=NO[C@@](c3cc(Cl)c(Cl)c(Cl)c3)(C(F)(F)F)C2)ccc1C(=O)CC1CS(=O)(=O)C1. The van der Waals surface area contributed by atoms with Crippen molar-refractivity contribution >= 4 is 56.1 Å². The van der Waals surface area contributed by atoms with Crippen LogP contribution < -0.4 is 0 Å². The molecule has 0 amide bonds. The summed E-state index contributed by atoms with van der Waals surface area (Å²) in [5.41, 5.74) is -1.83. The van der Waals surface area contributed by atoms with Crippen molar-refractivity contribution in [1.82, 2.24) is 0 Å². The van der Waals surface area contributed by atoms with Gasteiger partial charge in [-0.05, 0) is 42.2 Å². The number of hydrogen-bond acceptors (Lipinski definition) is 5. The molecule has 2 aromatic carbocycles. The lowest BCUT2D eigenvalue weighted by Gasteiger charge is -2.30. The highest BCUT2D eigenvalue weighted by molar-refractivity contribution is 7.92. The molecule has 5 nitrogen and oxygen atoms in total. The van der Waals surface area contributed by atoms with Gasteiger partial charge in [0.2, 0.25) is 0 Å². The Morgan fingerprint density at radius 3 is 2.29 bits per heavy atom. The fraction of sp³-hybridized carbons (Fsp3) is 0.364. The number of ketones is 1. The minimum absolute atomic E-state index is 0.0116. The number of oxime groups is 1. The number of rotatable bonds is 5. The van der Waals surface area contributed by atoms with E-state index in [-0.39, 0.29) is 56.0 Å². The minimum Gasteiger partial charge on any atom is -0.374 e. The molecule has 2 aliphatic rings. The molecule has 0 unspecified atom stereocenters. The Labute approximate surface area is 208 Å². The molecule has 0 aliphatic carbocycles. The van der Waals surface area contributed by atoms with Crippen LogP contribution in [0.3, 0.4) is 0 Å². The lowest BCUT2D eigenvalue weighted by molar-refractivity contribution is -0.275. The van der Waals surface area contributed by atoms with E-state index in [4.69, 9.17) is 39.6 Å². The van der Waals surface area contributed by atoms with Crippen molar-refractivity contribution in [2.45, 2.75) is 31.5 Å². The van der Waals surface area contributed by atoms with Crippen LogP contribution in [0, 0.1) is 12.8 Å². The van der Waals surface area contributed by atoms with Crippen molar-refractivity contribution in [3.63, 3.8) is 0 Å². The molecule has 4 rings (SSSR count). The van der Waals surface area contributed by atoms with Crippen LogP contribution in [0.1, 0.15) is 39.9 Å². The van der Waals surface area contributed by atoms with E-state index in [0.717, 1.165) is 12.1 Å². The van der Waals surface area contributed by atoms with Crippen LogP contribution in [0.4, 0.5) is 13.2 Å². The van der Waals surface area contributed by atoms with Gasteiger partial charge in [-0.1, -0.05) is 52.1 Å². The maximum absolute atomic E-state index is 14.2. The highest BCUT2D eigenvalue weighted by Crippen LogP contribution is 2.50. The van der Waals surface area contributed by atoms with Gasteiger partial charge in [0.05, 0.1) is 32.3 Å². The summed E-state index contributed by atoms with van der Waals surface area (Å²) >= 11 is 17.8. The van der Waals surface area contributed by atoms with E-state index in [9.17, 15) is 26.4 Å². The lowest BCUT2D eigenvalue weighted by Crippen LogP contribution is -2.42. The molecule has 1 fully saturated rings. The van der Waals surface area contributed by atoms with Gasteiger partial charge < -0.3 is 4.84 Å². The van der Waals surface area contributed by atoms with Gasteiger partial charge in [0, 0.05) is 24.0 Å². The molecule has 0 aromatic heterocycles. The van der Waals surface area contributed by atoms with Crippen molar-refractivity contribution in [3.8, 4) is 0 Å². The van der Waals surface area contributed by atoms with E-state index in [1.807, 2.05) is 0 Å². The Bertz CT molecular complexity index is 1290. The van der Waals surface area contributed by atoms with Crippen LogP contribution in [0.2, 0.25) is 15.1 Å². The predicted molar refractivity (Wildman–Crippen MR) is 124 cm³/mol. The number of nitrogens with zero attached hydrogens (tertiary/aromatic N) is 1. The number of hydrogen-bond donors (Lipinski definition) is 0. The second-order valence-electron chi connectivity index (χ2n) is 8.48. The Kier molecular flexibility index (Phi) is 6.46. The van der Waals surface area contributed by atoms with Gasteiger partial charge in [-0.2, -0.15) is 13.2 Å². The van der Waals surface area contributed by atoms with Crippen LogP contribution >= 0.6 is 34.8 Å². The first-order valence-corrected chi connectivity index (χ1v) is 13.0. The molecule has 0 saturated carbocycles. The van der Waals surface area contributed by atoms with Crippen molar-refractivity contribution in [2.24, 2.45) is 11.1 Å². The summed E-state index contributed by atoms with van der Waals surface area (Å²) in [6.07, 6.45) is -5.40. The molecular formula is C22H17Cl3F3NO4S. The van der Waals surface area contributed by atoms with Crippen molar-refractivity contribution in [3.05, 3.63) is 67.7 Å². The summed E-state index contributed by atoms with van der Waals surface area (Å²) in [7, 11) is -3.04. The zero-order valence-corrected chi connectivity index (χ0v) is 20.6. The summed E-state index contributed by atoms with van der Waals surface area (Å²) in [6, 6.07) is 6.66. The summed E-state index contributed by atoms with van der Waals surface area (Å²) in [4.78, 5) is 17.6. The molecule has 1 saturated heterocycles. The standard InChI is InChI=1S/C22H17Cl3F3NO4S/c1-11-4-13(2-3-15(11)19(30)5-12-9-34(31,32)10-12)18-8-21(33-29-18,22(26,27)28)14-6-16(23)20(25)17(24)7-14/h2-4,6-7,12H,5,8-10H2,1H3/t21-/m0/s1. The topological polar surface area (TPSA) is 72.8 Å². The second-order valence-corrected chi connectivity index (χ2v) is 11.8. The molecule has 1 atom stereocenters. The van der Waals surface area contributed by atoms with Crippen molar-refractivity contribution in [1.29, 1.82) is 0 Å². The Balaban J connectivity index is 1.59. The third-order valence-corrected chi connectivity index (χ3v) is 9.10. The molecule has 0 bridgehead atoms. The van der Waals surface area contributed by atoms with Gasteiger partial charge in [-0.3, -0.25) is 4.79 Å². The molecule has 182 valence electrons. The van der Waals surface area contributed by atoms with Crippen LogP contribution in [0.25, 0.3) is 0 Å². The molecule has 34 heavy (non-hydrogen) atoms. The Morgan fingerprint density at radius 2 is 1.76 bits per heavy atom. The number of carbonyl (C=O) groups is 1. The third kappa shape index (κ3) is 4.55. The van der Waals surface area contributed by atoms with E-state index in [2.05, 4.69) is 5.16 Å². The largest absolute Gasteiger partial charge is 0.435 e. The van der Waals surface area contributed by atoms with Crippen LogP contribution in [0.5, 0.6) is 0 Å². The van der Waals surface area contributed by atoms with E-state index in [0.29, 0.717) is 16.7 Å². The van der Waals surface area contributed by atoms with Gasteiger partial charge in [0.25, 0.3) is 5.60 Å². The molecular weight excluding hydrogens is 538 g/mol. The number of alkyl halides is 3. The van der Waals surface area contributed by atoms with Crippen LogP contribution in [-0.2, 0) is 20.3 Å². The maximum atomic E-state index is 14.2. The minimum atomic E-state index is -4.85. The van der Waals surface area contributed by atoms with Crippen LogP contribution in [-0.4, -0.2) is 37.6 Å². The van der Waals surface area contributed by atoms with Crippen molar-refractivity contribution in [2.75, 3.05) is 11.5 Å². The number of Topliss-reactive ketones (excluding diaryl/α,β-unsaturated/α-hetero) is 1.